The Morgan fingerprint density at radius 1 is 1.09 bits per heavy atom. The summed E-state index contributed by atoms with van der Waals surface area (Å²) in [6, 6.07) is 19.1. The maximum Gasteiger partial charge on any atom is 0.350 e. The van der Waals surface area contributed by atoms with E-state index in [9.17, 15) is 10.1 Å². The molecule has 0 amide bonds. The molecule has 3 aromatic rings. The third-order valence-electron chi connectivity index (χ3n) is 6.93. The van der Waals surface area contributed by atoms with Gasteiger partial charge < -0.3 is 4.74 Å². The Balaban J connectivity index is 1.36. The third kappa shape index (κ3) is 4.25. The summed E-state index contributed by atoms with van der Waals surface area (Å²) in [5.74, 6) is 0.779. The molecule has 0 radical (unpaired) electrons. The van der Waals surface area contributed by atoms with Crippen molar-refractivity contribution >= 4 is 11.8 Å². The molecule has 2 aromatic carbocycles. The molecular weight excluding hydrogens is 432 g/mol. The van der Waals surface area contributed by atoms with Gasteiger partial charge in [-0.3, -0.25) is 4.57 Å². The molecule has 1 saturated carbocycles. The molecule has 2 aliphatic rings. The van der Waals surface area contributed by atoms with Gasteiger partial charge in [0.05, 0.1) is 17.2 Å². The van der Waals surface area contributed by atoms with E-state index in [0.29, 0.717) is 13.2 Å². The van der Waals surface area contributed by atoms with E-state index >= 15 is 0 Å². The summed E-state index contributed by atoms with van der Waals surface area (Å²) in [7, 11) is 0. The minimum atomic E-state index is -0.462. The van der Waals surface area contributed by atoms with Gasteiger partial charge >= 0.3 is 5.69 Å². The fourth-order valence-electron chi connectivity index (χ4n) is 5.06. The van der Waals surface area contributed by atoms with Crippen LogP contribution in [0.2, 0.25) is 0 Å². The Morgan fingerprint density at radius 2 is 1.82 bits per heavy atom. The molecule has 1 aliphatic heterocycles. The molecule has 2 fully saturated rings. The molecule has 1 aliphatic carbocycles. The molecular formula is C26H28N4O2S. The number of ether oxygens (including phenoxy) is 1. The average Bonchev–Trinajstić information content (AvgIpc) is 3.47. The van der Waals surface area contributed by atoms with E-state index in [0.717, 1.165) is 52.5 Å². The summed E-state index contributed by atoms with van der Waals surface area (Å²) in [6.45, 7) is 3.17. The van der Waals surface area contributed by atoms with Crippen LogP contribution < -0.4 is 5.69 Å². The van der Waals surface area contributed by atoms with Gasteiger partial charge in [0.2, 0.25) is 0 Å². The molecule has 1 saturated heterocycles. The van der Waals surface area contributed by atoms with Crippen LogP contribution in [0.3, 0.4) is 0 Å². The Labute approximate surface area is 198 Å². The van der Waals surface area contributed by atoms with Gasteiger partial charge in [-0.25, -0.2) is 4.79 Å². The first kappa shape index (κ1) is 22.0. The van der Waals surface area contributed by atoms with E-state index in [2.05, 4.69) is 29.4 Å². The topological polar surface area (TPSA) is 72.8 Å². The van der Waals surface area contributed by atoms with Crippen molar-refractivity contribution in [3.63, 3.8) is 0 Å². The second kappa shape index (κ2) is 9.20. The number of benzene rings is 2. The van der Waals surface area contributed by atoms with Crippen molar-refractivity contribution in [2.45, 2.75) is 66.7 Å². The lowest BCUT2D eigenvalue weighted by molar-refractivity contribution is 0.0675. The van der Waals surface area contributed by atoms with E-state index < -0.39 is 5.41 Å². The van der Waals surface area contributed by atoms with Crippen LogP contribution in [0.15, 0.2) is 63.1 Å². The Morgan fingerprint density at radius 3 is 2.52 bits per heavy atom. The van der Waals surface area contributed by atoms with Crippen molar-refractivity contribution in [3.8, 4) is 11.8 Å². The number of hydrogen-bond donors (Lipinski definition) is 0. The molecule has 6 nitrogen and oxygen atoms in total. The van der Waals surface area contributed by atoms with E-state index in [1.807, 2.05) is 41.8 Å². The summed E-state index contributed by atoms with van der Waals surface area (Å²) in [6.07, 6.45) is 5.93. The van der Waals surface area contributed by atoms with Gasteiger partial charge in [-0.15, -0.1) is 0 Å². The highest BCUT2D eigenvalue weighted by Crippen LogP contribution is 2.37. The molecule has 0 unspecified atom stereocenters. The summed E-state index contributed by atoms with van der Waals surface area (Å²) >= 11 is 1.66. The monoisotopic (exact) mass is 460 g/mol. The molecule has 0 bridgehead atoms. The van der Waals surface area contributed by atoms with E-state index in [1.165, 1.54) is 17.5 Å². The SMILES string of the molecule is Cc1nn(-c2ccc(Sc3cccc(C4(C#N)CCOCC4)c3)cc2)c(=O)n1C1CCCC1. The van der Waals surface area contributed by atoms with E-state index in [1.54, 1.807) is 11.8 Å². The lowest BCUT2D eigenvalue weighted by Gasteiger charge is -2.31. The second-order valence-corrected chi connectivity index (χ2v) is 10.1. The lowest BCUT2D eigenvalue weighted by atomic mass is 9.75. The number of aromatic nitrogens is 3. The standard InChI is InChI=1S/C26H28N4O2S/c1-19-28-30(25(31)29(19)21-6-2-3-7-21)22-9-11-23(12-10-22)33-24-8-4-5-20(17-24)26(18-27)13-15-32-16-14-26/h4-5,8-12,17,21H,2-3,6-7,13-16H2,1H3. The maximum atomic E-state index is 13.0. The van der Waals surface area contributed by atoms with Crippen molar-refractivity contribution in [2.24, 2.45) is 0 Å². The van der Waals surface area contributed by atoms with Crippen molar-refractivity contribution in [3.05, 3.63) is 70.4 Å². The molecule has 2 heterocycles. The third-order valence-corrected chi connectivity index (χ3v) is 7.93. The summed E-state index contributed by atoms with van der Waals surface area (Å²) < 4.78 is 8.86. The lowest BCUT2D eigenvalue weighted by Crippen LogP contribution is -2.32. The molecule has 170 valence electrons. The Hall–Kier alpha value is -2.82. The van der Waals surface area contributed by atoms with Gasteiger partial charge in [0, 0.05) is 29.0 Å². The van der Waals surface area contributed by atoms with E-state index in [-0.39, 0.29) is 11.7 Å². The molecule has 5 rings (SSSR count). The highest BCUT2D eigenvalue weighted by molar-refractivity contribution is 7.99. The minimum absolute atomic E-state index is 0.0502. The van der Waals surface area contributed by atoms with Crippen molar-refractivity contribution in [1.82, 2.24) is 14.3 Å². The largest absolute Gasteiger partial charge is 0.381 e. The van der Waals surface area contributed by atoms with Crippen LogP contribution in [0.1, 0.15) is 56.0 Å². The van der Waals surface area contributed by atoms with Gasteiger partial charge in [-0.05, 0) is 74.6 Å². The predicted octanol–water partition coefficient (Wildman–Crippen LogP) is 5.18. The summed E-state index contributed by atoms with van der Waals surface area (Å²) in [4.78, 5) is 15.2. The number of rotatable bonds is 5. The van der Waals surface area contributed by atoms with Crippen LogP contribution in [-0.4, -0.2) is 27.6 Å². The van der Waals surface area contributed by atoms with Crippen molar-refractivity contribution in [2.75, 3.05) is 13.2 Å². The van der Waals surface area contributed by atoms with E-state index in [4.69, 9.17) is 4.74 Å². The van der Waals surface area contributed by atoms with Gasteiger partial charge in [-0.2, -0.15) is 15.0 Å². The first-order valence-electron chi connectivity index (χ1n) is 11.7. The molecule has 7 heteroatoms. The number of aryl methyl sites for hydroxylation is 1. The molecule has 33 heavy (non-hydrogen) atoms. The quantitative estimate of drug-likeness (QED) is 0.524. The van der Waals surface area contributed by atoms with Gasteiger partial charge in [0.15, 0.2) is 0 Å². The normalized spacial score (nSPS) is 18.3. The fraction of sp³-hybridized carbons (Fsp3) is 0.423. The van der Waals surface area contributed by atoms with Crippen molar-refractivity contribution in [1.29, 1.82) is 5.26 Å². The van der Waals surface area contributed by atoms with Gasteiger partial charge in [-0.1, -0.05) is 36.7 Å². The van der Waals surface area contributed by atoms with Crippen LogP contribution in [0.4, 0.5) is 0 Å². The first-order valence-corrected chi connectivity index (χ1v) is 12.5. The Kier molecular flexibility index (Phi) is 6.13. The smallest absolute Gasteiger partial charge is 0.350 e. The predicted molar refractivity (Wildman–Crippen MR) is 128 cm³/mol. The van der Waals surface area contributed by atoms with Crippen LogP contribution in [0, 0.1) is 18.3 Å². The zero-order chi connectivity index (χ0) is 22.8. The summed E-state index contributed by atoms with van der Waals surface area (Å²) in [5, 5.41) is 14.4. The summed E-state index contributed by atoms with van der Waals surface area (Å²) in [5.41, 5.74) is 1.33. The number of nitrogens with zero attached hydrogens (tertiary/aromatic N) is 4. The molecule has 0 N–H and O–H groups in total. The van der Waals surface area contributed by atoms with Crippen LogP contribution in [0.25, 0.3) is 5.69 Å². The van der Waals surface area contributed by atoms with Crippen LogP contribution in [-0.2, 0) is 10.2 Å². The average molecular weight is 461 g/mol. The Bertz CT molecular complexity index is 1230. The minimum Gasteiger partial charge on any atom is -0.381 e. The first-order chi connectivity index (χ1) is 16.1. The molecule has 0 spiro atoms. The zero-order valence-electron chi connectivity index (χ0n) is 18.9. The number of nitriles is 1. The highest BCUT2D eigenvalue weighted by atomic mass is 32.2. The number of hydrogen-bond acceptors (Lipinski definition) is 5. The second-order valence-electron chi connectivity index (χ2n) is 8.98. The van der Waals surface area contributed by atoms with Crippen molar-refractivity contribution < 1.29 is 4.74 Å². The maximum absolute atomic E-state index is 13.0. The van der Waals surface area contributed by atoms with Gasteiger partial charge in [0.1, 0.15) is 5.82 Å². The van der Waals surface area contributed by atoms with Crippen LogP contribution in [0.5, 0.6) is 0 Å². The van der Waals surface area contributed by atoms with Crippen LogP contribution >= 0.6 is 11.8 Å². The van der Waals surface area contributed by atoms with Gasteiger partial charge in [0.25, 0.3) is 0 Å². The zero-order valence-corrected chi connectivity index (χ0v) is 19.7. The molecule has 1 aromatic heterocycles. The molecule has 0 atom stereocenters. The fourth-order valence-corrected chi connectivity index (χ4v) is 5.94. The highest BCUT2D eigenvalue weighted by Gasteiger charge is 2.34.